The van der Waals surface area contributed by atoms with E-state index in [9.17, 15) is 0 Å². The van der Waals surface area contributed by atoms with Crippen molar-refractivity contribution in [2.24, 2.45) is 5.92 Å². The summed E-state index contributed by atoms with van der Waals surface area (Å²) in [5, 5.41) is 8.97. The number of rotatable bonds is 4. The van der Waals surface area contributed by atoms with Gasteiger partial charge in [-0.1, -0.05) is 36.4 Å². The first-order chi connectivity index (χ1) is 11.3. The molecule has 2 heteroatoms. The van der Waals surface area contributed by atoms with Crippen molar-refractivity contribution >= 4 is 0 Å². The lowest BCUT2D eigenvalue weighted by molar-refractivity contribution is 0.127. The molecule has 1 aliphatic carbocycles. The van der Waals surface area contributed by atoms with Gasteiger partial charge in [-0.25, -0.2) is 0 Å². The molecule has 0 amide bonds. The van der Waals surface area contributed by atoms with E-state index in [0.29, 0.717) is 11.5 Å². The average Bonchev–Trinajstić information content (AvgIpc) is 2.63. The van der Waals surface area contributed by atoms with Gasteiger partial charge in [0.15, 0.2) is 0 Å². The largest absolute Gasteiger partial charge is 0.384 e. The van der Waals surface area contributed by atoms with Crippen molar-refractivity contribution in [2.45, 2.75) is 31.6 Å². The minimum absolute atomic E-state index is 0.634. The maximum Gasteiger partial charge on any atom is 0.0991 e. The summed E-state index contributed by atoms with van der Waals surface area (Å²) in [7, 11) is 1.80. The Labute approximate surface area is 138 Å². The van der Waals surface area contributed by atoms with Gasteiger partial charge in [0.05, 0.1) is 11.6 Å². The summed E-state index contributed by atoms with van der Waals surface area (Å²) >= 11 is 0. The van der Waals surface area contributed by atoms with Crippen molar-refractivity contribution in [3.05, 3.63) is 59.7 Å². The van der Waals surface area contributed by atoms with E-state index in [4.69, 9.17) is 10.00 Å². The third-order valence-electron chi connectivity index (χ3n) is 4.97. The second-order valence-electron chi connectivity index (χ2n) is 6.45. The molecule has 0 heterocycles. The monoisotopic (exact) mass is 305 g/mol. The van der Waals surface area contributed by atoms with Gasteiger partial charge < -0.3 is 4.74 Å². The van der Waals surface area contributed by atoms with Crippen LogP contribution in [0.2, 0.25) is 0 Å². The van der Waals surface area contributed by atoms with Crippen LogP contribution >= 0.6 is 0 Å². The zero-order valence-corrected chi connectivity index (χ0v) is 13.7. The molecule has 2 nitrogen and oxygen atoms in total. The Morgan fingerprint density at radius 3 is 2.35 bits per heavy atom. The summed E-state index contributed by atoms with van der Waals surface area (Å²) in [5.74, 6) is 1.35. The van der Waals surface area contributed by atoms with Crippen LogP contribution in [0.3, 0.4) is 0 Å². The van der Waals surface area contributed by atoms with Crippen LogP contribution in [0.1, 0.15) is 42.7 Å². The molecule has 0 aliphatic heterocycles. The average molecular weight is 305 g/mol. The molecule has 1 aliphatic rings. The van der Waals surface area contributed by atoms with Gasteiger partial charge in [0, 0.05) is 13.7 Å². The highest BCUT2D eigenvalue weighted by molar-refractivity contribution is 5.68. The molecule has 23 heavy (non-hydrogen) atoms. The fraction of sp³-hybridized carbons (Fsp3) is 0.381. The topological polar surface area (TPSA) is 33.0 Å². The highest BCUT2D eigenvalue weighted by Crippen LogP contribution is 2.39. The van der Waals surface area contributed by atoms with Gasteiger partial charge in [-0.05, 0) is 66.3 Å². The van der Waals surface area contributed by atoms with Crippen molar-refractivity contribution < 1.29 is 4.74 Å². The van der Waals surface area contributed by atoms with Crippen LogP contribution in [-0.2, 0) is 4.74 Å². The number of hydrogen-bond acceptors (Lipinski definition) is 2. The number of ether oxygens (including phenoxy) is 1. The molecule has 1 fully saturated rings. The number of nitrogens with zero attached hydrogens (tertiary/aromatic N) is 1. The first-order valence-electron chi connectivity index (χ1n) is 8.40. The van der Waals surface area contributed by atoms with Gasteiger partial charge in [-0.3, -0.25) is 0 Å². The van der Waals surface area contributed by atoms with E-state index in [1.807, 2.05) is 12.1 Å². The molecular weight excluding hydrogens is 282 g/mol. The number of methoxy groups -OCH3 is 1. The van der Waals surface area contributed by atoms with E-state index in [-0.39, 0.29) is 0 Å². The Morgan fingerprint density at radius 1 is 1.00 bits per heavy atom. The molecule has 0 saturated heterocycles. The van der Waals surface area contributed by atoms with Crippen molar-refractivity contribution in [1.29, 1.82) is 5.26 Å². The minimum atomic E-state index is 0.634. The fourth-order valence-corrected chi connectivity index (χ4v) is 3.72. The van der Waals surface area contributed by atoms with Crippen LogP contribution in [0.4, 0.5) is 0 Å². The SMILES string of the molecule is COCC1CCC(c2ccccc2-c2ccc(C#N)cc2)CC1. The Kier molecular flexibility index (Phi) is 5.10. The van der Waals surface area contributed by atoms with Gasteiger partial charge in [0.2, 0.25) is 0 Å². The number of benzene rings is 2. The number of hydrogen-bond donors (Lipinski definition) is 0. The smallest absolute Gasteiger partial charge is 0.0991 e. The second-order valence-corrected chi connectivity index (χ2v) is 6.45. The van der Waals surface area contributed by atoms with Gasteiger partial charge in [0.1, 0.15) is 0 Å². The van der Waals surface area contributed by atoms with Crippen LogP contribution in [0.25, 0.3) is 11.1 Å². The predicted octanol–water partition coefficient (Wildman–Crippen LogP) is 5.15. The highest BCUT2D eigenvalue weighted by atomic mass is 16.5. The fourth-order valence-electron chi connectivity index (χ4n) is 3.72. The third-order valence-corrected chi connectivity index (χ3v) is 4.97. The normalized spacial score (nSPS) is 20.9. The first-order valence-corrected chi connectivity index (χ1v) is 8.40. The van der Waals surface area contributed by atoms with Gasteiger partial charge in [-0.15, -0.1) is 0 Å². The predicted molar refractivity (Wildman–Crippen MR) is 93.2 cm³/mol. The van der Waals surface area contributed by atoms with Gasteiger partial charge in [-0.2, -0.15) is 5.26 Å². The number of nitriles is 1. The van der Waals surface area contributed by atoms with Crippen molar-refractivity contribution in [1.82, 2.24) is 0 Å². The highest BCUT2D eigenvalue weighted by Gasteiger charge is 2.24. The zero-order chi connectivity index (χ0) is 16.1. The molecule has 0 bridgehead atoms. The molecule has 0 radical (unpaired) electrons. The Bertz CT molecular complexity index is 676. The van der Waals surface area contributed by atoms with Gasteiger partial charge >= 0.3 is 0 Å². The molecule has 0 atom stereocenters. The van der Waals surface area contributed by atoms with Crippen molar-refractivity contribution in [2.75, 3.05) is 13.7 Å². The molecule has 0 N–H and O–H groups in total. The molecule has 1 saturated carbocycles. The van der Waals surface area contributed by atoms with Crippen molar-refractivity contribution in [3.8, 4) is 17.2 Å². The van der Waals surface area contributed by atoms with Crippen LogP contribution in [0.15, 0.2) is 48.5 Å². The third kappa shape index (κ3) is 3.63. The first kappa shape index (κ1) is 15.8. The molecule has 0 aromatic heterocycles. The van der Waals surface area contributed by atoms with Crippen LogP contribution < -0.4 is 0 Å². The Hall–Kier alpha value is -2.11. The van der Waals surface area contributed by atoms with E-state index in [1.165, 1.54) is 42.4 Å². The standard InChI is InChI=1S/C21H23NO/c1-23-15-17-8-12-19(13-9-17)21-5-3-2-4-20(21)18-10-6-16(14-22)7-11-18/h2-7,10-11,17,19H,8-9,12-13,15H2,1H3. The maximum atomic E-state index is 8.97. The maximum absolute atomic E-state index is 8.97. The zero-order valence-electron chi connectivity index (χ0n) is 13.7. The Morgan fingerprint density at radius 2 is 1.70 bits per heavy atom. The quantitative estimate of drug-likeness (QED) is 0.783. The summed E-state index contributed by atoms with van der Waals surface area (Å²) in [6.07, 6.45) is 4.98. The van der Waals surface area contributed by atoms with E-state index >= 15 is 0 Å². The minimum Gasteiger partial charge on any atom is -0.384 e. The van der Waals surface area contributed by atoms with Crippen LogP contribution in [0, 0.1) is 17.2 Å². The van der Waals surface area contributed by atoms with Gasteiger partial charge in [0.25, 0.3) is 0 Å². The molecule has 118 valence electrons. The second kappa shape index (κ2) is 7.44. The molecule has 2 aromatic carbocycles. The molecule has 0 spiro atoms. The van der Waals surface area contributed by atoms with E-state index in [2.05, 4.69) is 42.5 Å². The van der Waals surface area contributed by atoms with Crippen LogP contribution in [0.5, 0.6) is 0 Å². The lowest BCUT2D eigenvalue weighted by atomic mass is 9.77. The van der Waals surface area contributed by atoms with Crippen LogP contribution in [-0.4, -0.2) is 13.7 Å². The lowest BCUT2D eigenvalue weighted by Gasteiger charge is -2.29. The van der Waals surface area contributed by atoms with E-state index < -0.39 is 0 Å². The summed E-state index contributed by atoms with van der Waals surface area (Å²) in [5.41, 5.74) is 4.69. The summed E-state index contributed by atoms with van der Waals surface area (Å²) < 4.78 is 5.31. The van der Waals surface area contributed by atoms with E-state index in [0.717, 1.165) is 12.5 Å². The summed E-state index contributed by atoms with van der Waals surface area (Å²) in [6.45, 7) is 0.893. The summed E-state index contributed by atoms with van der Waals surface area (Å²) in [6, 6.07) is 18.9. The lowest BCUT2D eigenvalue weighted by Crippen LogP contribution is -2.17. The Balaban J connectivity index is 1.82. The molecule has 3 rings (SSSR count). The molecule has 0 unspecified atom stereocenters. The molecule has 2 aromatic rings. The molecular formula is C21H23NO. The van der Waals surface area contributed by atoms with E-state index in [1.54, 1.807) is 7.11 Å². The van der Waals surface area contributed by atoms with Crippen molar-refractivity contribution in [3.63, 3.8) is 0 Å². The summed E-state index contributed by atoms with van der Waals surface area (Å²) in [4.78, 5) is 0.